The highest BCUT2D eigenvalue weighted by Crippen LogP contribution is 2.17. The molecule has 0 radical (unpaired) electrons. The molecular formula is C16H26N2O. The van der Waals surface area contributed by atoms with Gasteiger partial charge in [-0.1, -0.05) is 37.3 Å². The van der Waals surface area contributed by atoms with E-state index < -0.39 is 0 Å². The van der Waals surface area contributed by atoms with Crippen molar-refractivity contribution >= 4 is 0 Å². The monoisotopic (exact) mass is 262 g/mol. The zero-order valence-electron chi connectivity index (χ0n) is 12.1. The van der Waals surface area contributed by atoms with Gasteiger partial charge in [-0.25, -0.2) is 0 Å². The molecule has 0 amide bonds. The van der Waals surface area contributed by atoms with Crippen molar-refractivity contribution < 1.29 is 4.74 Å². The number of ether oxygens (including phenoxy) is 1. The van der Waals surface area contributed by atoms with Crippen LogP contribution in [0, 0.1) is 0 Å². The van der Waals surface area contributed by atoms with Gasteiger partial charge < -0.3 is 15.0 Å². The predicted molar refractivity (Wildman–Crippen MR) is 79.6 cm³/mol. The molecule has 1 aliphatic rings. The summed E-state index contributed by atoms with van der Waals surface area (Å²) in [7, 11) is 2.16. The number of rotatable bonds is 6. The smallest absolute Gasteiger partial charge is 0.0826 e. The van der Waals surface area contributed by atoms with Gasteiger partial charge in [0.2, 0.25) is 0 Å². The van der Waals surface area contributed by atoms with Gasteiger partial charge in [0.05, 0.1) is 12.7 Å². The first-order valence-corrected chi connectivity index (χ1v) is 7.31. The molecule has 0 aliphatic carbocycles. The molecule has 1 saturated heterocycles. The van der Waals surface area contributed by atoms with Crippen molar-refractivity contribution in [1.82, 2.24) is 10.2 Å². The fourth-order valence-electron chi connectivity index (χ4n) is 2.52. The molecule has 106 valence electrons. The largest absolute Gasteiger partial charge is 0.374 e. The lowest BCUT2D eigenvalue weighted by Gasteiger charge is -2.30. The Balaban J connectivity index is 1.61. The van der Waals surface area contributed by atoms with Gasteiger partial charge in [-0.05, 0) is 31.5 Å². The van der Waals surface area contributed by atoms with E-state index in [0.29, 0.717) is 12.0 Å². The van der Waals surface area contributed by atoms with Crippen molar-refractivity contribution in [2.45, 2.75) is 25.4 Å². The van der Waals surface area contributed by atoms with Crippen molar-refractivity contribution in [1.29, 1.82) is 0 Å². The molecule has 2 atom stereocenters. The van der Waals surface area contributed by atoms with Crippen LogP contribution in [0.15, 0.2) is 30.3 Å². The predicted octanol–water partition coefficient (Wildman–Crippen LogP) is 2.10. The Morgan fingerprint density at radius 3 is 2.89 bits per heavy atom. The summed E-state index contributed by atoms with van der Waals surface area (Å²) >= 11 is 0. The van der Waals surface area contributed by atoms with Gasteiger partial charge >= 0.3 is 0 Å². The molecule has 3 nitrogen and oxygen atoms in total. The minimum absolute atomic E-state index is 0.353. The molecule has 0 aromatic heterocycles. The van der Waals surface area contributed by atoms with Gasteiger partial charge in [0.1, 0.15) is 0 Å². The van der Waals surface area contributed by atoms with E-state index in [2.05, 4.69) is 54.5 Å². The summed E-state index contributed by atoms with van der Waals surface area (Å²) in [6.45, 7) is 7.28. The molecule has 19 heavy (non-hydrogen) atoms. The molecule has 1 aromatic carbocycles. The zero-order chi connectivity index (χ0) is 13.5. The van der Waals surface area contributed by atoms with E-state index in [4.69, 9.17) is 4.74 Å². The summed E-state index contributed by atoms with van der Waals surface area (Å²) in [5.74, 6) is 0.614. The minimum atomic E-state index is 0.353. The van der Waals surface area contributed by atoms with Gasteiger partial charge in [0.15, 0.2) is 0 Å². The lowest BCUT2D eigenvalue weighted by Crippen LogP contribution is -2.45. The molecule has 0 spiro atoms. The van der Waals surface area contributed by atoms with Crippen LogP contribution in [0.25, 0.3) is 0 Å². The number of morpholine rings is 1. The van der Waals surface area contributed by atoms with Crippen LogP contribution in [-0.2, 0) is 4.74 Å². The molecule has 1 fully saturated rings. The molecule has 1 aliphatic heterocycles. The van der Waals surface area contributed by atoms with Crippen molar-refractivity contribution in [2.24, 2.45) is 0 Å². The second-order valence-corrected chi connectivity index (χ2v) is 5.56. The van der Waals surface area contributed by atoms with Gasteiger partial charge in [-0.15, -0.1) is 0 Å². The van der Waals surface area contributed by atoms with E-state index in [1.807, 2.05) is 0 Å². The fourth-order valence-corrected chi connectivity index (χ4v) is 2.52. The first-order valence-electron chi connectivity index (χ1n) is 7.31. The van der Waals surface area contributed by atoms with Crippen molar-refractivity contribution in [3.05, 3.63) is 35.9 Å². The van der Waals surface area contributed by atoms with Crippen LogP contribution in [0.1, 0.15) is 24.8 Å². The SMILES string of the molecule is C[C@@H](CCNC[C@H]1CN(C)CCO1)c1ccccc1. The third-order valence-electron chi connectivity index (χ3n) is 3.84. The average Bonchev–Trinajstić information content (AvgIpc) is 2.44. The maximum Gasteiger partial charge on any atom is 0.0826 e. The Morgan fingerprint density at radius 2 is 2.16 bits per heavy atom. The summed E-state index contributed by atoms with van der Waals surface area (Å²) in [4.78, 5) is 2.34. The van der Waals surface area contributed by atoms with Crippen LogP contribution in [0.4, 0.5) is 0 Å². The quantitative estimate of drug-likeness (QED) is 0.795. The first-order chi connectivity index (χ1) is 9.25. The first kappa shape index (κ1) is 14.5. The summed E-state index contributed by atoms with van der Waals surface area (Å²) in [6, 6.07) is 10.7. The van der Waals surface area contributed by atoms with Gasteiger partial charge in [-0.3, -0.25) is 0 Å². The van der Waals surface area contributed by atoms with Crippen LogP contribution in [-0.4, -0.2) is 50.8 Å². The Morgan fingerprint density at radius 1 is 1.37 bits per heavy atom. The lowest BCUT2D eigenvalue weighted by molar-refractivity contribution is -0.0180. The van der Waals surface area contributed by atoms with Gasteiger partial charge in [0, 0.05) is 19.6 Å². The molecule has 0 saturated carbocycles. The highest BCUT2D eigenvalue weighted by atomic mass is 16.5. The van der Waals surface area contributed by atoms with Crippen LogP contribution in [0.2, 0.25) is 0 Å². The van der Waals surface area contributed by atoms with Crippen molar-refractivity contribution in [3.63, 3.8) is 0 Å². The van der Waals surface area contributed by atoms with Gasteiger partial charge in [-0.2, -0.15) is 0 Å². The maximum absolute atomic E-state index is 5.74. The van der Waals surface area contributed by atoms with E-state index >= 15 is 0 Å². The van der Waals surface area contributed by atoms with Crippen LogP contribution in [0.3, 0.4) is 0 Å². The Labute approximate surface area is 116 Å². The molecule has 2 rings (SSSR count). The topological polar surface area (TPSA) is 24.5 Å². The summed E-state index contributed by atoms with van der Waals surface area (Å²) in [5.41, 5.74) is 1.43. The van der Waals surface area contributed by atoms with E-state index in [1.54, 1.807) is 0 Å². The highest BCUT2D eigenvalue weighted by Gasteiger charge is 2.16. The third-order valence-corrected chi connectivity index (χ3v) is 3.84. The Kier molecular flexibility index (Phi) is 5.83. The van der Waals surface area contributed by atoms with Crippen LogP contribution in [0.5, 0.6) is 0 Å². The maximum atomic E-state index is 5.74. The third kappa shape index (κ3) is 4.94. The molecule has 0 unspecified atom stereocenters. The molecule has 3 heteroatoms. The van der Waals surface area contributed by atoms with Crippen LogP contribution >= 0.6 is 0 Å². The van der Waals surface area contributed by atoms with E-state index in [9.17, 15) is 0 Å². The molecular weight excluding hydrogens is 236 g/mol. The average molecular weight is 262 g/mol. The molecule has 1 heterocycles. The number of hydrogen-bond acceptors (Lipinski definition) is 3. The minimum Gasteiger partial charge on any atom is -0.374 e. The Hall–Kier alpha value is -0.900. The van der Waals surface area contributed by atoms with E-state index in [1.165, 1.54) is 12.0 Å². The number of nitrogens with zero attached hydrogens (tertiary/aromatic N) is 1. The number of likely N-dealkylation sites (N-methyl/N-ethyl adjacent to an activating group) is 1. The summed E-state index contributed by atoms with van der Waals surface area (Å²) in [6.07, 6.45) is 1.53. The van der Waals surface area contributed by atoms with E-state index in [-0.39, 0.29) is 0 Å². The number of benzene rings is 1. The number of nitrogens with one attached hydrogen (secondary N) is 1. The highest BCUT2D eigenvalue weighted by molar-refractivity contribution is 5.18. The Bertz CT molecular complexity index is 355. The fraction of sp³-hybridized carbons (Fsp3) is 0.625. The zero-order valence-corrected chi connectivity index (χ0v) is 12.1. The lowest BCUT2D eigenvalue weighted by atomic mass is 9.98. The van der Waals surface area contributed by atoms with Crippen molar-refractivity contribution in [2.75, 3.05) is 39.8 Å². The van der Waals surface area contributed by atoms with Gasteiger partial charge in [0.25, 0.3) is 0 Å². The number of hydrogen-bond donors (Lipinski definition) is 1. The summed E-state index contributed by atoms with van der Waals surface area (Å²) in [5, 5.41) is 3.52. The molecule has 1 aromatic rings. The second kappa shape index (κ2) is 7.63. The molecule has 1 N–H and O–H groups in total. The summed E-state index contributed by atoms with van der Waals surface area (Å²) < 4.78 is 5.74. The standard InChI is InChI=1S/C16H26N2O/c1-14(15-6-4-3-5-7-15)8-9-17-12-16-13-18(2)10-11-19-16/h3-7,14,16-17H,8-13H2,1-2H3/t14-,16-/m0/s1. The molecule has 0 bridgehead atoms. The van der Waals surface area contributed by atoms with Crippen molar-refractivity contribution in [3.8, 4) is 0 Å². The second-order valence-electron chi connectivity index (χ2n) is 5.56. The normalized spacial score (nSPS) is 22.3. The van der Waals surface area contributed by atoms with Crippen LogP contribution < -0.4 is 5.32 Å². The van der Waals surface area contributed by atoms with E-state index in [0.717, 1.165) is 32.8 Å².